The van der Waals surface area contributed by atoms with Crippen LogP contribution in [-0.4, -0.2) is 82.3 Å². The minimum atomic E-state index is -3.50. The van der Waals surface area contributed by atoms with Gasteiger partial charge in [-0.3, -0.25) is 14.3 Å². The summed E-state index contributed by atoms with van der Waals surface area (Å²) in [7, 11) is -0.170. The molecule has 0 spiro atoms. The molecule has 1 aliphatic carbocycles. The van der Waals surface area contributed by atoms with Crippen LogP contribution in [0.4, 0.5) is 5.69 Å². The van der Waals surface area contributed by atoms with Gasteiger partial charge >= 0.3 is 0 Å². The smallest absolute Gasteiger partial charge is 0.257 e. The van der Waals surface area contributed by atoms with Gasteiger partial charge in [0.05, 0.1) is 29.7 Å². The molecule has 0 radical (unpaired) electrons. The van der Waals surface area contributed by atoms with Crippen LogP contribution in [0, 0.1) is 11.8 Å². The molecule has 2 amide bonds. The Labute approximate surface area is 209 Å². The van der Waals surface area contributed by atoms with Gasteiger partial charge in [0.1, 0.15) is 12.4 Å². The number of nitrogens with one attached hydrogen (secondary N) is 1. The monoisotopic (exact) mass is 509 g/mol. The largest absolute Gasteiger partial charge is 0.491 e. The first-order valence-electron chi connectivity index (χ1n) is 12.3. The lowest BCUT2D eigenvalue weighted by Gasteiger charge is -2.38. The van der Waals surface area contributed by atoms with Crippen molar-refractivity contribution < 1.29 is 27.5 Å². The summed E-state index contributed by atoms with van der Waals surface area (Å²) in [4.78, 5) is 30.3. The Morgan fingerprint density at radius 3 is 2.46 bits per heavy atom. The molecule has 0 aromatic heterocycles. The van der Waals surface area contributed by atoms with Crippen molar-refractivity contribution in [3.63, 3.8) is 0 Å². The minimum Gasteiger partial charge on any atom is -0.491 e. The topological polar surface area (TPSA) is 105 Å². The number of carbonyl (C=O) groups excluding carboxylic acids is 2. The fourth-order valence-electron chi connectivity index (χ4n) is 4.94. The Bertz CT molecular complexity index is 1010. The quantitative estimate of drug-likeness (QED) is 0.669. The summed E-state index contributed by atoms with van der Waals surface area (Å²) in [5, 5.41) is 0. The average molecular weight is 510 g/mol. The number of anilines is 1. The molecule has 10 heteroatoms. The van der Waals surface area contributed by atoms with Gasteiger partial charge in [0.15, 0.2) is 0 Å². The molecule has 0 unspecified atom stereocenters. The van der Waals surface area contributed by atoms with Gasteiger partial charge < -0.3 is 19.3 Å². The first-order chi connectivity index (χ1) is 16.5. The molecule has 1 aromatic carbocycles. The van der Waals surface area contributed by atoms with Gasteiger partial charge in [0, 0.05) is 45.1 Å². The zero-order chi connectivity index (χ0) is 25.8. The lowest BCUT2D eigenvalue weighted by Crippen LogP contribution is -2.50. The molecule has 2 aliphatic rings. The summed E-state index contributed by atoms with van der Waals surface area (Å²) in [6.45, 7) is 5.02. The van der Waals surface area contributed by atoms with E-state index in [1.54, 1.807) is 31.2 Å². The van der Waals surface area contributed by atoms with E-state index in [-0.39, 0.29) is 48.2 Å². The summed E-state index contributed by atoms with van der Waals surface area (Å²) in [6.07, 6.45) is 5.94. The summed E-state index contributed by atoms with van der Waals surface area (Å²) in [6, 6.07) is 4.38. The molecule has 35 heavy (non-hydrogen) atoms. The highest BCUT2D eigenvalue weighted by atomic mass is 32.2. The highest BCUT2D eigenvalue weighted by molar-refractivity contribution is 7.92. The molecule has 1 heterocycles. The number of carbonyl (C=O) groups is 2. The van der Waals surface area contributed by atoms with Crippen molar-refractivity contribution in [2.24, 2.45) is 11.8 Å². The number of fused-ring (bicyclic) bond motifs is 1. The molecular weight excluding hydrogens is 470 g/mol. The van der Waals surface area contributed by atoms with Gasteiger partial charge in [-0.05, 0) is 31.9 Å². The molecule has 1 saturated carbocycles. The third-order valence-electron chi connectivity index (χ3n) is 6.99. The molecule has 9 nitrogen and oxygen atoms in total. The zero-order valence-electron chi connectivity index (χ0n) is 21.5. The SMILES string of the molecule is CO[C@H]1CN(C)C(=O)c2ccc(NS(C)(=O)=O)cc2OC[C@H](C)N(C(=O)C2CCCCC2)C[C@@H]1C. The summed E-state index contributed by atoms with van der Waals surface area (Å²) < 4.78 is 37.7. The van der Waals surface area contributed by atoms with Crippen molar-refractivity contribution in [2.75, 3.05) is 44.8 Å². The molecule has 196 valence electrons. The second-order valence-corrected chi connectivity index (χ2v) is 11.8. The molecule has 0 saturated heterocycles. The molecule has 1 N–H and O–H groups in total. The Hall–Kier alpha value is -2.33. The molecule has 1 aromatic rings. The van der Waals surface area contributed by atoms with Crippen LogP contribution in [0.25, 0.3) is 0 Å². The minimum absolute atomic E-state index is 0.00507. The normalized spacial score (nSPS) is 25.2. The van der Waals surface area contributed by atoms with E-state index >= 15 is 0 Å². The predicted molar refractivity (Wildman–Crippen MR) is 135 cm³/mol. The highest BCUT2D eigenvalue weighted by Gasteiger charge is 2.33. The Morgan fingerprint density at radius 1 is 1.14 bits per heavy atom. The molecule has 1 fully saturated rings. The maximum Gasteiger partial charge on any atom is 0.257 e. The molecule has 1 aliphatic heterocycles. The van der Waals surface area contributed by atoms with E-state index in [0.717, 1.165) is 31.9 Å². The summed E-state index contributed by atoms with van der Waals surface area (Å²) in [5.74, 6) is 0.204. The van der Waals surface area contributed by atoms with Gasteiger partial charge in [-0.2, -0.15) is 0 Å². The number of hydrogen-bond acceptors (Lipinski definition) is 6. The number of benzene rings is 1. The van der Waals surface area contributed by atoms with Gasteiger partial charge in [-0.1, -0.05) is 26.2 Å². The van der Waals surface area contributed by atoms with Crippen LogP contribution >= 0.6 is 0 Å². The van der Waals surface area contributed by atoms with Crippen molar-refractivity contribution in [3.8, 4) is 5.75 Å². The van der Waals surface area contributed by atoms with E-state index in [1.165, 1.54) is 12.5 Å². The zero-order valence-corrected chi connectivity index (χ0v) is 22.3. The van der Waals surface area contributed by atoms with Crippen LogP contribution in [0.15, 0.2) is 18.2 Å². The van der Waals surface area contributed by atoms with E-state index in [0.29, 0.717) is 24.3 Å². The third kappa shape index (κ3) is 7.10. The van der Waals surface area contributed by atoms with E-state index in [1.807, 2.05) is 18.7 Å². The standard InChI is InChI=1S/C25H39N3O6S/c1-17-14-28(24(29)19-9-7-6-8-10-19)18(2)16-34-22-13-20(26-35(5,31)32)11-12-21(22)25(30)27(3)15-23(17)33-4/h11-13,17-19,23,26H,6-10,14-16H2,1-5H3/t17-,18-,23-/m0/s1. The number of ether oxygens (including phenoxy) is 2. The fourth-order valence-corrected chi connectivity index (χ4v) is 5.50. The lowest BCUT2D eigenvalue weighted by molar-refractivity contribution is -0.141. The van der Waals surface area contributed by atoms with Crippen LogP contribution in [0.5, 0.6) is 5.75 Å². The predicted octanol–water partition coefficient (Wildman–Crippen LogP) is 2.97. The van der Waals surface area contributed by atoms with Crippen molar-refractivity contribution in [3.05, 3.63) is 23.8 Å². The number of hydrogen-bond donors (Lipinski definition) is 1. The second-order valence-electron chi connectivity index (χ2n) is 10.0. The van der Waals surface area contributed by atoms with E-state index in [2.05, 4.69) is 4.72 Å². The fraction of sp³-hybridized carbons (Fsp3) is 0.680. The van der Waals surface area contributed by atoms with E-state index < -0.39 is 10.0 Å². The third-order valence-corrected chi connectivity index (χ3v) is 7.59. The van der Waals surface area contributed by atoms with Crippen LogP contribution in [0.3, 0.4) is 0 Å². The van der Waals surface area contributed by atoms with E-state index in [9.17, 15) is 18.0 Å². The first kappa shape index (κ1) is 27.3. The Kier molecular flexibility index (Phi) is 9.04. The molecule has 3 rings (SSSR count). The van der Waals surface area contributed by atoms with Crippen molar-refractivity contribution in [1.29, 1.82) is 0 Å². The number of rotatable bonds is 4. The number of methoxy groups -OCH3 is 1. The number of nitrogens with zero attached hydrogens (tertiary/aromatic N) is 2. The number of amides is 2. The number of sulfonamides is 1. The van der Waals surface area contributed by atoms with Gasteiger partial charge in [-0.15, -0.1) is 0 Å². The Morgan fingerprint density at radius 2 is 1.83 bits per heavy atom. The van der Waals surface area contributed by atoms with E-state index in [4.69, 9.17) is 9.47 Å². The number of likely N-dealkylation sites (N-methyl/N-ethyl adjacent to an activating group) is 1. The second kappa shape index (κ2) is 11.6. The van der Waals surface area contributed by atoms with Crippen LogP contribution in [0.2, 0.25) is 0 Å². The van der Waals surface area contributed by atoms with Gasteiger partial charge in [0.25, 0.3) is 5.91 Å². The van der Waals surface area contributed by atoms with Crippen molar-refractivity contribution in [2.45, 2.75) is 58.1 Å². The average Bonchev–Trinajstić information content (AvgIpc) is 2.82. The van der Waals surface area contributed by atoms with Crippen LogP contribution in [0.1, 0.15) is 56.3 Å². The van der Waals surface area contributed by atoms with Crippen molar-refractivity contribution in [1.82, 2.24) is 9.80 Å². The maximum atomic E-state index is 13.6. The molecule has 0 bridgehead atoms. The lowest BCUT2D eigenvalue weighted by atomic mass is 9.87. The maximum absolute atomic E-state index is 13.6. The Balaban J connectivity index is 1.96. The molecule has 3 atom stereocenters. The van der Waals surface area contributed by atoms with Gasteiger partial charge in [0.2, 0.25) is 15.9 Å². The van der Waals surface area contributed by atoms with Gasteiger partial charge in [-0.25, -0.2) is 8.42 Å². The summed E-state index contributed by atoms with van der Waals surface area (Å²) in [5.41, 5.74) is 0.631. The summed E-state index contributed by atoms with van der Waals surface area (Å²) >= 11 is 0. The molecular formula is C25H39N3O6S. The van der Waals surface area contributed by atoms with Crippen LogP contribution in [-0.2, 0) is 19.6 Å². The van der Waals surface area contributed by atoms with Crippen LogP contribution < -0.4 is 9.46 Å². The van der Waals surface area contributed by atoms with Crippen molar-refractivity contribution >= 4 is 27.5 Å². The highest BCUT2D eigenvalue weighted by Crippen LogP contribution is 2.29. The first-order valence-corrected chi connectivity index (χ1v) is 14.2.